The van der Waals surface area contributed by atoms with Gasteiger partial charge in [0.25, 0.3) is 0 Å². The van der Waals surface area contributed by atoms with Crippen molar-refractivity contribution in [3.63, 3.8) is 0 Å². The third-order valence-electron chi connectivity index (χ3n) is 1.79. The molecule has 0 bridgehead atoms. The largest absolute Gasteiger partial charge is 0.478 e. The average Bonchev–Trinajstić information content (AvgIpc) is 2.58. The molecule has 4 nitrogen and oxygen atoms in total. The quantitative estimate of drug-likeness (QED) is 0.838. The number of benzene rings is 1. The van der Waals surface area contributed by atoms with E-state index in [0.29, 0.717) is 22.3 Å². The number of aromatic carboxylic acids is 1. The van der Waals surface area contributed by atoms with Crippen molar-refractivity contribution in [2.24, 2.45) is 0 Å². The minimum atomic E-state index is -0.963. The molecule has 0 spiro atoms. The lowest BCUT2D eigenvalue weighted by Gasteiger charge is -1.91. The molecule has 0 aliphatic rings. The Hall–Kier alpha value is -1.36. The molecule has 0 atom stereocenters. The monoisotopic (exact) mass is 255 g/mol. The van der Waals surface area contributed by atoms with E-state index in [-0.39, 0.29) is 5.56 Å². The molecule has 2 aromatic rings. The highest BCUT2D eigenvalue weighted by Gasteiger charge is 2.08. The van der Waals surface area contributed by atoms with Crippen LogP contribution in [-0.2, 0) is 5.33 Å². The predicted molar refractivity (Wildman–Crippen MR) is 53.6 cm³/mol. The topological polar surface area (TPSA) is 63.3 Å². The maximum atomic E-state index is 10.7. The fraction of sp³-hybridized carbons (Fsp3) is 0.111. The van der Waals surface area contributed by atoms with Gasteiger partial charge in [0, 0.05) is 0 Å². The third-order valence-corrected chi connectivity index (χ3v) is 2.27. The second kappa shape index (κ2) is 3.42. The Labute approximate surface area is 87.7 Å². The zero-order chi connectivity index (χ0) is 10.1. The van der Waals surface area contributed by atoms with Crippen LogP contribution in [0.4, 0.5) is 0 Å². The number of aromatic nitrogens is 1. The van der Waals surface area contributed by atoms with Crippen molar-refractivity contribution in [2.75, 3.05) is 0 Å². The molecule has 0 radical (unpaired) electrons. The van der Waals surface area contributed by atoms with Crippen molar-refractivity contribution < 1.29 is 14.3 Å². The zero-order valence-corrected chi connectivity index (χ0v) is 8.61. The first kappa shape index (κ1) is 9.21. The average molecular weight is 256 g/mol. The van der Waals surface area contributed by atoms with Crippen molar-refractivity contribution in [3.05, 3.63) is 29.7 Å². The molecule has 1 heterocycles. The Morgan fingerprint density at radius 2 is 2.36 bits per heavy atom. The molecule has 0 amide bonds. The smallest absolute Gasteiger partial charge is 0.335 e. The highest BCUT2D eigenvalue weighted by molar-refractivity contribution is 9.08. The molecule has 0 aliphatic heterocycles. The molecule has 0 saturated carbocycles. The number of hydrogen-bond acceptors (Lipinski definition) is 3. The van der Waals surface area contributed by atoms with Crippen molar-refractivity contribution in [3.8, 4) is 0 Å². The van der Waals surface area contributed by atoms with E-state index in [1.807, 2.05) is 0 Å². The van der Waals surface area contributed by atoms with Crippen LogP contribution in [0.25, 0.3) is 11.1 Å². The summed E-state index contributed by atoms with van der Waals surface area (Å²) in [6.45, 7) is 0. The van der Waals surface area contributed by atoms with E-state index in [9.17, 15) is 4.79 Å². The van der Waals surface area contributed by atoms with Crippen molar-refractivity contribution in [2.45, 2.75) is 5.33 Å². The molecule has 5 heteroatoms. The summed E-state index contributed by atoms with van der Waals surface area (Å²) in [6.07, 6.45) is 0. The van der Waals surface area contributed by atoms with Gasteiger partial charge in [0.05, 0.1) is 10.9 Å². The Morgan fingerprint density at radius 3 is 3.00 bits per heavy atom. The van der Waals surface area contributed by atoms with Crippen LogP contribution < -0.4 is 0 Å². The lowest BCUT2D eigenvalue weighted by molar-refractivity contribution is 0.0697. The molecule has 0 unspecified atom stereocenters. The summed E-state index contributed by atoms with van der Waals surface area (Å²) in [7, 11) is 0. The fourth-order valence-corrected chi connectivity index (χ4v) is 1.41. The molecular weight excluding hydrogens is 250 g/mol. The molecule has 1 aromatic heterocycles. The molecule has 2 rings (SSSR count). The standard InChI is InChI=1S/C9H6BrNO3/c10-4-8-11-6-3-5(9(12)13)1-2-7(6)14-8/h1-3H,4H2,(H,12,13). The van der Waals surface area contributed by atoms with Gasteiger partial charge in [0.1, 0.15) is 5.52 Å². The number of carboxylic acids is 1. The first-order chi connectivity index (χ1) is 6.70. The molecule has 0 aliphatic carbocycles. The number of rotatable bonds is 2. The van der Waals surface area contributed by atoms with Crippen LogP contribution in [0, 0.1) is 0 Å². The summed E-state index contributed by atoms with van der Waals surface area (Å²) in [6, 6.07) is 4.60. The minimum absolute atomic E-state index is 0.215. The summed E-state index contributed by atoms with van der Waals surface area (Å²) < 4.78 is 5.30. The highest BCUT2D eigenvalue weighted by Crippen LogP contribution is 2.18. The van der Waals surface area contributed by atoms with E-state index in [0.717, 1.165) is 0 Å². The Morgan fingerprint density at radius 1 is 1.57 bits per heavy atom. The van der Waals surface area contributed by atoms with Crippen LogP contribution in [0.3, 0.4) is 0 Å². The van der Waals surface area contributed by atoms with E-state index in [2.05, 4.69) is 20.9 Å². The number of fused-ring (bicyclic) bond motifs is 1. The first-order valence-electron chi connectivity index (χ1n) is 3.89. The number of halogens is 1. The summed E-state index contributed by atoms with van der Waals surface area (Å²) in [5.41, 5.74) is 1.38. The second-order valence-corrected chi connectivity index (χ2v) is 3.29. The van der Waals surface area contributed by atoms with Crippen LogP contribution in [0.1, 0.15) is 16.2 Å². The maximum Gasteiger partial charge on any atom is 0.335 e. The van der Waals surface area contributed by atoms with Gasteiger partial charge >= 0.3 is 5.97 Å². The molecule has 14 heavy (non-hydrogen) atoms. The van der Waals surface area contributed by atoms with Crippen LogP contribution in [0.5, 0.6) is 0 Å². The number of hydrogen-bond donors (Lipinski definition) is 1. The van der Waals surface area contributed by atoms with Gasteiger partial charge in [-0.3, -0.25) is 0 Å². The number of carboxylic acid groups (broad SMARTS) is 1. The second-order valence-electron chi connectivity index (χ2n) is 2.73. The van der Waals surface area contributed by atoms with Gasteiger partial charge < -0.3 is 9.52 Å². The fourth-order valence-electron chi connectivity index (χ4n) is 1.17. The van der Waals surface area contributed by atoms with E-state index < -0.39 is 5.97 Å². The van der Waals surface area contributed by atoms with Gasteiger partial charge in [-0.25, -0.2) is 9.78 Å². The van der Waals surface area contributed by atoms with Gasteiger partial charge in [-0.15, -0.1) is 0 Å². The van der Waals surface area contributed by atoms with Crippen LogP contribution in [-0.4, -0.2) is 16.1 Å². The zero-order valence-electron chi connectivity index (χ0n) is 7.03. The van der Waals surface area contributed by atoms with Gasteiger partial charge in [0.2, 0.25) is 5.89 Å². The van der Waals surface area contributed by atoms with Gasteiger partial charge in [0.15, 0.2) is 5.58 Å². The van der Waals surface area contributed by atoms with Gasteiger partial charge in [-0.05, 0) is 18.2 Å². The van der Waals surface area contributed by atoms with Crippen molar-refractivity contribution in [1.82, 2.24) is 4.98 Å². The van der Waals surface area contributed by atoms with E-state index >= 15 is 0 Å². The van der Waals surface area contributed by atoms with Crippen molar-refractivity contribution in [1.29, 1.82) is 0 Å². The molecule has 0 fully saturated rings. The predicted octanol–water partition coefficient (Wildman–Crippen LogP) is 2.42. The van der Waals surface area contributed by atoms with E-state index in [4.69, 9.17) is 9.52 Å². The Bertz CT molecular complexity index is 492. The summed E-state index contributed by atoms with van der Waals surface area (Å²) in [4.78, 5) is 14.8. The maximum absolute atomic E-state index is 10.7. The molecule has 1 aromatic carbocycles. The third kappa shape index (κ3) is 1.50. The number of carbonyl (C=O) groups is 1. The van der Waals surface area contributed by atoms with Gasteiger partial charge in [-0.1, -0.05) is 15.9 Å². The lowest BCUT2D eigenvalue weighted by atomic mass is 10.2. The van der Waals surface area contributed by atoms with E-state index in [1.54, 1.807) is 6.07 Å². The molecule has 0 saturated heterocycles. The minimum Gasteiger partial charge on any atom is -0.478 e. The molecule has 72 valence electrons. The summed E-state index contributed by atoms with van der Waals surface area (Å²) in [5, 5.41) is 9.26. The van der Waals surface area contributed by atoms with Crippen molar-refractivity contribution >= 4 is 33.0 Å². The number of oxazole rings is 1. The van der Waals surface area contributed by atoms with Gasteiger partial charge in [-0.2, -0.15) is 0 Å². The SMILES string of the molecule is O=C(O)c1ccc2oc(CBr)nc2c1. The Balaban J connectivity index is 2.59. The molecule has 1 N–H and O–H groups in total. The highest BCUT2D eigenvalue weighted by atomic mass is 79.9. The normalized spacial score (nSPS) is 10.6. The molecular formula is C9H6BrNO3. The number of alkyl halides is 1. The summed E-state index contributed by atoms with van der Waals surface area (Å²) in [5.74, 6) is -0.419. The summed E-state index contributed by atoms with van der Waals surface area (Å²) >= 11 is 3.21. The van der Waals surface area contributed by atoms with Crippen LogP contribution >= 0.6 is 15.9 Å². The van der Waals surface area contributed by atoms with Crippen LogP contribution in [0.15, 0.2) is 22.6 Å². The van der Waals surface area contributed by atoms with Crippen LogP contribution in [0.2, 0.25) is 0 Å². The Kier molecular flexibility index (Phi) is 2.25. The van der Waals surface area contributed by atoms with E-state index in [1.165, 1.54) is 12.1 Å². The first-order valence-corrected chi connectivity index (χ1v) is 5.01. The lowest BCUT2D eigenvalue weighted by Crippen LogP contribution is -1.94. The number of nitrogens with zero attached hydrogens (tertiary/aromatic N) is 1.